The molecule has 1 aliphatic carbocycles. The van der Waals surface area contributed by atoms with Crippen LogP contribution in [0.15, 0.2) is 61.2 Å². The number of aromatic nitrogens is 4. The molecule has 2 heterocycles. The third-order valence-electron chi connectivity index (χ3n) is 4.95. The van der Waals surface area contributed by atoms with Crippen molar-refractivity contribution in [3.05, 3.63) is 77.9 Å². The average molecular weight is 352 g/mol. The summed E-state index contributed by atoms with van der Waals surface area (Å²) in [5, 5.41) is 12.5. The fraction of sp³-hybridized carbons (Fsp3) is 0.143. The van der Waals surface area contributed by atoms with Gasteiger partial charge in [0.1, 0.15) is 12.1 Å². The van der Waals surface area contributed by atoms with E-state index in [-0.39, 0.29) is 0 Å². The number of hydrogen-bond acceptors (Lipinski definition) is 5. The van der Waals surface area contributed by atoms with Gasteiger partial charge in [0.2, 0.25) is 0 Å². The lowest BCUT2D eigenvalue weighted by Gasteiger charge is -2.13. The van der Waals surface area contributed by atoms with E-state index in [1.807, 2.05) is 10.6 Å². The fourth-order valence-electron chi connectivity index (χ4n) is 3.68. The van der Waals surface area contributed by atoms with Crippen LogP contribution in [0.2, 0.25) is 0 Å². The highest BCUT2D eigenvalue weighted by molar-refractivity contribution is 5.78. The maximum atomic E-state index is 9.04. The molecule has 5 rings (SSSR count). The van der Waals surface area contributed by atoms with Gasteiger partial charge in [0.05, 0.1) is 35.1 Å². The molecule has 0 aliphatic heterocycles. The Balaban J connectivity index is 1.42. The van der Waals surface area contributed by atoms with E-state index in [1.54, 1.807) is 30.9 Å². The van der Waals surface area contributed by atoms with Crippen LogP contribution >= 0.6 is 0 Å². The normalized spacial score (nSPS) is 13.4. The summed E-state index contributed by atoms with van der Waals surface area (Å²) in [6.45, 7) is 0. The summed E-state index contributed by atoms with van der Waals surface area (Å²) >= 11 is 0. The van der Waals surface area contributed by atoms with Crippen LogP contribution in [0.25, 0.3) is 16.9 Å². The van der Waals surface area contributed by atoms with Crippen LogP contribution in [-0.4, -0.2) is 25.6 Å². The van der Waals surface area contributed by atoms with Gasteiger partial charge < -0.3 is 5.32 Å². The van der Waals surface area contributed by atoms with Gasteiger partial charge in [0.25, 0.3) is 0 Å². The Kier molecular flexibility index (Phi) is 3.58. The standard InChI is InChI=1S/C21H16N6/c22-10-14-5-6-19-18(7-14)24-13-27(19)21-12-23-11-20(26-21)25-17-8-15-3-1-2-4-16(15)9-17/h1-7,11-13,17H,8-9H2,(H,25,26). The molecule has 6 heteroatoms. The van der Waals surface area contributed by atoms with Gasteiger partial charge in [-0.15, -0.1) is 0 Å². The zero-order valence-corrected chi connectivity index (χ0v) is 14.5. The zero-order valence-electron chi connectivity index (χ0n) is 14.5. The minimum Gasteiger partial charge on any atom is -0.365 e. The van der Waals surface area contributed by atoms with E-state index >= 15 is 0 Å². The Labute approximate surface area is 156 Å². The highest BCUT2D eigenvalue weighted by Crippen LogP contribution is 2.24. The Hall–Kier alpha value is -3.72. The van der Waals surface area contributed by atoms with Gasteiger partial charge in [-0.2, -0.15) is 5.26 Å². The van der Waals surface area contributed by atoms with Crippen molar-refractivity contribution in [2.24, 2.45) is 0 Å². The SMILES string of the molecule is N#Cc1ccc2c(c1)ncn2-c1cncc(NC2Cc3ccccc3C2)n1. The van der Waals surface area contributed by atoms with Crippen LogP contribution in [0.1, 0.15) is 16.7 Å². The van der Waals surface area contributed by atoms with Crippen molar-refractivity contribution in [2.45, 2.75) is 18.9 Å². The highest BCUT2D eigenvalue weighted by Gasteiger charge is 2.21. The van der Waals surface area contributed by atoms with E-state index in [0.717, 1.165) is 29.7 Å². The summed E-state index contributed by atoms with van der Waals surface area (Å²) in [7, 11) is 0. The van der Waals surface area contributed by atoms with Gasteiger partial charge in [-0.25, -0.2) is 9.97 Å². The van der Waals surface area contributed by atoms with Crippen LogP contribution < -0.4 is 5.32 Å². The molecule has 0 saturated heterocycles. The molecule has 6 nitrogen and oxygen atoms in total. The molecule has 130 valence electrons. The van der Waals surface area contributed by atoms with Crippen molar-refractivity contribution in [1.82, 2.24) is 19.5 Å². The van der Waals surface area contributed by atoms with Crippen LogP contribution in [0.4, 0.5) is 5.82 Å². The van der Waals surface area contributed by atoms with E-state index in [1.165, 1.54) is 11.1 Å². The van der Waals surface area contributed by atoms with Crippen molar-refractivity contribution in [3.8, 4) is 11.9 Å². The first kappa shape index (κ1) is 15.5. The first-order valence-corrected chi connectivity index (χ1v) is 8.83. The van der Waals surface area contributed by atoms with Crippen molar-refractivity contribution < 1.29 is 0 Å². The summed E-state index contributed by atoms with van der Waals surface area (Å²) in [5.41, 5.74) is 5.05. The Morgan fingerprint density at radius 1 is 1.07 bits per heavy atom. The van der Waals surface area contributed by atoms with Crippen molar-refractivity contribution in [2.75, 3.05) is 5.32 Å². The van der Waals surface area contributed by atoms with Gasteiger partial charge in [-0.1, -0.05) is 24.3 Å². The molecule has 2 aromatic heterocycles. The Bertz CT molecular complexity index is 1160. The molecule has 0 spiro atoms. The van der Waals surface area contributed by atoms with E-state index in [4.69, 9.17) is 10.2 Å². The van der Waals surface area contributed by atoms with Gasteiger partial charge >= 0.3 is 0 Å². The number of fused-ring (bicyclic) bond motifs is 2. The average Bonchev–Trinajstić information content (AvgIpc) is 3.31. The second-order valence-electron chi connectivity index (χ2n) is 6.71. The first-order chi connectivity index (χ1) is 13.3. The summed E-state index contributed by atoms with van der Waals surface area (Å²) in [5.74, 6) is 1.45. The smallest absolute Gasteiger partial charge is 0.159 e. The van der Waals surface area contributed by atoms with Crippen LogP contribution in [0.5, 0.6) is 0 Å². The number of nitriles is 1. The molecule has 1 N–H and O–H groups in total. The number of benzene rings is 2. The molecular weight excluding hydrogens is 336 g/mol. The monoisotopic (exact) mass is 352 g/mol. The topological polar surface area (TPSA) is 79.4 Å². The van der Waals surface area contributed by atoms with E-state index in [9.17, 15) is 0 Å². The third-order valence-corrected chi connectivity index (χ3v) is 4.95. The lowest BCUT2D eigenvalue weighted by atomic mass is 10.1. The molecule has 4 aromatic rings. The maximum Gasteiger partial charge on any atom is 0.159 e. The lowest BCUT2D eigenvalue weighted by molar-refractivity contribution is 0.766. The molecule has 27 heavy (non-hydrogen) atoms. The molecule has 0 bridgehead atoms. The van der Waals surface area contributed by atoms with Gasteiger partial charge in [0, 0.05) is 6.04 Å². The van der Waals surface area contributed by atoms with Gasteiger partial charge in [0.15, 0.2) is 5.82 Å². The fourth-order valence-corrected chi connectivity index (χ4v) is 3.68. The highest BCUT2D eigenvalue weighted by atomic mass is 15.2. The second-order valence-corrected chi connectivity index (χ2v) is 6.71. The van der Waals surface area contributed by atoms with Gasteiger partial charge in [-0.05, 0) is 42.2 Å². The quantitative estimate of drug-likeness (QED) is 0.612. The molecule has 0 fully saturated rings. The van der Waals surface area contributed by atoms with E-state index in [0.29, 0.717) is 17.4 Å². The summed E-state index contributed by atoms with van der Waals surface area (Å²) in [6.07, 6.45) is 7.17. The lowest BCUT2D eigenvalue weighted by Crippen LogP contribution is -2.20. The molecule has 0 unspecified atom stereocenters. The Morgan fingerprint density at radius 3 is 2.67 bits per heavy atom. The number of imidazole rings is 1. The summed E-state index contributed by atoms with van der Waals surface area (Å²) in [4.78, 5) is 13.5. The van der Waals surface area contributed by atoms with E-state index < -0.39 is 0 Å². The molecule has 0 atom stereocenters. The molecule has 0 amide bonds. The molecule has 1 aliphatic rings. The van der Waals surface area contributed by atoms with Crippen molar-refractivity contribution in [3.63, 3.8) is 0 Å². The molecular formula is C21H16N6. The van der Waals surface area contributed by atoms with Crippen molar-refractivity contribution >= 4 is 16.9 Å². The molecule has 2 aromatic carbocycles. The second kappa shape index (κ2) is 6.22. The predicted octanol–water partition coefficient (Wildman–Crippen LogP) is 3.27. The molecule has 0 saturated carbocycles. The van der Waals surface area contributed by atoms with Crippen LogP contribution in [0.3, 0.4) is 0 Å². The van der Waals surface area contributed by atoms with Crippen molar-refractivity contribution in [1.29, 1.82) is 5.26 Å². The van der Waals surface area contributed by atoms with E-state index in [2.05, 4.69) is 45.6 Å². The predicted molar refractivity (Wildman–Crippen MR) is 103 cm³/mol. The maximum absolute atomic E-state index is 9.04. The van der Waals surface area contributed by atoms with Crippen LogP contribution in [-0.2, 0) is 12.8 Å². The number of nitrogens with one attached hydrogen (secondary N) is 1. The third kappa shape index (κ3) is 2.79. The number of rotatable bonds is 3. The van der Waals surface area contributed by atoms with Crippen LogP contribution in [0, 0.1) is 11.3 Å². The molecule has 0 radical (unpaired) electrons. The largest absolute Gasteiger partial charge is 0.365 e. The number of hydrogen-bond donors (Lipinski definition) is 1. The summed E-state index contributed by atoms with van der Waals surface area (Å²) in [6, 6.07) is 16.5. The minimum atomic E-state index is 0.324. The number of anilines is 1. The zero-order chi connectivity index (χ0) is 18.2. The minimum absolute atomic E-state index is 0.324. The first-order valence-electron chi connectivity index (χ1n) is 8.83. The Morgan fingerprint density at radius 2 is 1.89 bits per heavy atom. The van der Waals surface area contributed by atoms with Gasteiger partial charge in [-0.3, -0.25) is 9.55 Å². The number of nitrogens with zero attached hydrogens (tertiary/aromatic N) is 5. The summed E-state index contributed by atoms with van der Waals surface area (Å²) < 4.78 is 1.89.